The molecule has 0 aliphatic heterocycles. The van der Waals surface area contributed by atoms with E-state index in [1.165, 1.54) is 36.4 Å². The highest BCUT2D eigenvalue weighted by Gasteiger charge is 2.07. The average molecular weight is 382 g/mol. The summed E-state index contributed by atoms with van der Waals surface area (Å²) >= 11 is 5.83. The molecule has 0 saturated heterocycles. The van der Waals surface area contributed by atoms with Crippen LogP contribution in [-0.2, 0) is 14.3 Å². The second-order valence-corrected chi connectivity index (χ2v) is 5.38. The molecule has 0 saturated carbocycles. The Morgan fingerprint density at radius 1 is 1.15 bits per heavy atom. The van der Waals surface area contributed by atoms with Gasteiger partial charge in [0.2, 0.25) is 0 Å². The van der Waals surface area contributed by atoms with Crippen LogP contribution in [0.4, 0.5) is 14.5 Å². The summed E-state index contributed by atoms with van der Waals surface area (Å²) in [4.78, 5) is 23.3. The van der Waals surface area contributed by atoms with E-state index in [9.17, 15) is 18.4 Å². The van der Waals surface area contributed by atoms with E-state index in [0.717, 1.165) is 0 Å². The second kappa shape index (κ2) is 9.53. The van der Waals surface area contributed by atoms with E-state index in [4.69, 9.17) is 16.3 Å². The average Bonchev–Trinajstić information content (AvgIpc) is 2.59. The van der Waals surface area contributed by atoms with E-state index in [1.807, 2.05) is 0 Å². The molecule has 0 aliphatic carbocycles. The van der Waals surface area contributed by atoms with E-state index < -0.39 is 25.1 Å². The highest BCUT2D eigenvalue weighted by Crippen LogP contribution is 2.17. The van der Waals surface area contributed by atoms with Gasteiger partial charge in [-0.1, -0.05) is 23.7 Å². The first-order valence-corrected chi connectivity index (χ1v) is 7.75. The SMILES string of the molecule is O=C(COC(=O)C=Cc1cccc(Cl)c1)Nc1ccc(OC(F)F)cc1. The lowest BCUT2D eigenvalue weighted by Gasteiger charge is -2.07. The topological polar surface area (TPSA) is 64.6 Å². The third-order valence-corrected chi connectivity index (χ3v) is 3.20. The molecule has 5 nitrogen and oxygen atoms in total. The summed E-state index contributed by atoms with van der Waals surface area (Å²) in [5, 5.41) is 2.99. The Hall–Kier alpha value is -2.93. The molecule has 0 spiro atoms. The maximum absolute atomic E-state index is 12.0. The molecule has 0 fully saturated rings. The Bertz CT molecular complexity index is 794. The summed E-state index contributed by atoms with van der Waals surface area (Å²) in [5.41, 5.74) is 1.06. The van der Waals surface area contributed by atoms with Crippen LogP contribution in [0.3, 0.4) is 0 Å². The Balaban J connectivity index is 1.78. The lowest BCUT2D eigenvalue weighted by atomic mass is 10.2. The molecule has 1 N–H and O–H groups in total. The van der Waals surface area contributed by atoms with Gasteiger partial charge >= 0.3 is 12.6 Å². The third-order valence-electron chi connectivity index (χ3n) is 2.97. The fourth-order valence-corrected chi connectivity index (χ4v) is 2.07. The van der Waals surface area contributed by atoms with Crippen molar-refractivity contribution in [2.75, 3.05) is 11.9 Å². The zero-order chi connectivity index (χ0) is 18.9. The molecule has 0 unspecified atom stereocenters. The largest absolute Gasteiger partial charge is 0.452 e. The summed E-state index contributed by atoms with van der Waals surface area (Å²) < 4.78 is 33.1. The number of nitrogens with one attached hydrogen (secondary N) is 1. The Labute approximate surface area is 153 Å². The molecule has 26 heavy (non-hydrogen) atoms. The Kier molecular flexibility index (Phi) is 7.11. The van der Waals surface area contributed by atoms with Gasteiger partial charge in [0.05, 0.1) is 0 Å². The van der Waals surface area contributed by atoms with Crippen molar-refractivity contribution in [2.24, 2.45) is 0 Å². The summed E-state index contributed by atoms with van der Waals surface area (Å²) in [5.74, 6) is -1.30. The van der Waals surface area contributed by atoms with Gasteiger partial charge in [-0.2, -0.15) is 8.78 Å². The van der Waals surface area contributed by atoms with Crippen molar-refractivity contribution in [1.82, 2.24) is 0 Å². The molecule has 2 aromatic carbocycles. The first kappa shape index (κ1) is 19.4. The van der Waals surface area contributed by atoms with Gasteiger partial charge in [0.1, 0.15) is 5.75 Å². The van der Waals surface area contributed by atoms with Crippen LogP contribution in [0.2, 0.25) is 5.02 Å². The lowest BCUT2D eigenvalue weighted by molar-refractivity contribution is -0.142. The van der Waals surface area contributed by atoms with Gasteiger partial charge in [-0.3, -0.25) is 4.79 Å². The Morgan fingerprint density at radius 3 is 2.54 bits per heavy atom. The molecule has 2 aromatic rings. The van der Waals surface area contributed by atoms with Crippen LogP contribution in [0.15, 0.2) is 54.6 Å². The monoisotopic (exact) mass is 381 g/mol. The van der Waals surface area contributed by atoms with E-state index in [0.29, 0.717) is 16.3 Å². The predicted molar refractivity (Wildman–Crippen MR) is 93.1 cm³/mol. The van der Waals surface area contributed by atoms with E-state index in [-0.39, 0.29) is 5.75 Å². The van der Waals surface area contributed by atoms with Gasteiger partial charge in [-0.25, -0.2) is 4.79 Å². The van der Waals surface area contributed by atoms with Crippen LogP contribution in [-0.4, -0.2) is 25.1 Å². The molecule has 136 valence electrons. The van der Waals surface area contributed by atoms with Gasteiger partial charge in [-0.05, 0) is 48.0 Å². The number of halogens is 3. The Morgan fingerprint density at radius 2 is 1.88 bits per heavy atom. The van der Waals surface area contributed by atoms with Gasteiger partial charge in [0.15, 0.2) is 6.61 Å². The molecule has 0 radical (unpaired) electrons. The molecular weight excluding hydrogens is 368 g/mol. The molecule has 0 heterocycles. The first-order valence-electron chi connectivity index (χ1n) is 7.37. The minimum absolute atomic E-state index is 0.0319. The van der Waals surface area contributed by atoms with Crippen LogP contribution in [0.1, 0.15) is 5.56 Å². The standard InChI is InChI=1S/C18H14ClF2NO4/c19-13-3-1-2-12(10-13)4-9-17(24)25-11-16(23)22-14-5-7-15(8-6-14)26-18(20)21/h1-10,18H,11H2,(H,22,23). The zero-order valence-corrected chi connectivity index (χ0v) is 14.1. The number of ether oxygens (including phenoxy) is 2. The summed E-state index contributed by atoms with van der Waals surface area (Å²) in [7, 11) is 0. The smallest absolute Gasteiger partial charge is 0.387 e. The number of esters is 1. The highest BCUT2D eigenvalue weighted by atomic mass is 35.5. The van der Waals surface area contributed by atoms with E-state index in [2.05, 4.69) is 10.1 Å². The molecule has 8 heteroatoms. The van der Waals surface area contributed by atoms with E-state index >= 15 is 0 Å². The van der Waals surface area contributed by atoms with E-state index in [1.54, 1.807) is 24.3 Å². The number of hydrogen-bond donors (Lipinski definition) is 1. The van der Waals surface area contributed by atoms with Gasteiger partial charge in [0, 0.05) is 16.8 Å². The van der Waals surface area contributed by atoms with Crippen LogP contribution >= 0.6 is 11.6 Å². The van der Waals surface area contributed by atoms with Crippen LogP contribution < -0.4 is 10.1 Å². The summed E-state index contributed by atoms with van der Waals surface area (Å²) in [6, 6.07) is 12.2. The van der Waals surface area contributed by atoms with Gasteiger partial charge < -0.3 is 14.8 Å². The minimum Gasteiger partial charge on any atom is -0.452 e. The third kappa shape index (κ3) is 6.90. The molecule has 0 aliphatic rings. The lowest BCUT2D eigenvalue weighted by Crippen LogP contribution is -2.20. The number of alkyl halides is 2. The number of benzene rings is 2. The van der Waals surface area contributed by atoms with Gasteiger partial charge in [-0.15, -0.1) is 0 Å². The number of hydrogen-bond acceptors (Lipinski definition) is 4. The van der Waals surface area contributed by atoms with Crippen molar-refractivity contribution in [1.29, 1.82) is 0 Å². The van der Waals surface area contributed by atoms with Crippen LogP contribution in [0.25, 0.3) is 6.08 Å². The molecule has 0 bridgehead atoms. The van der Waals surface area contributed by atoms with Crippen molar-refractivity contribution in [3.8, 4) is 5.75 Å². The fourth-order valence-electron chi connectivity index (χ4n) is 1.88. The van der Waals surface area contributed by atoms with Crippen LogP contribution in [0, 0.1) is 0 Å². The minimum atomic E-state index is -2.92. The maximum Gasteiger partial charge on any atom is 0.387 e. The van der Waals surface area contributed by atoms with Crippen molar-refractivity contribution < 1.29 is 27.8 Å². The summed E-state index contributed by atoms with van der Waals surface area (Å²) in [6.45, 7) is -3.41. The molecule has 1 amide bonds. The van der Waals surface area contributed by atoms with Gasteiger partial charge in [0.25, 0.3) is 5.91 Å². The number of carbonyl (C=O) groups excluding carboxylic acids is 2. The predicted octanol–water partition coefficient (Wildman–Crippen LogP) is 4.14. The highest BCUT2D eigenvalue weighted by molar-refractivity contribution is 6.30. The quantitative estimate of drug-likeness (QED) is 0.578. The normalized spacial score (nSPS) is 10.8. The van der Waals surface area contributed by atoms with Crippen molar-refractivity contribution >= 4 is 35.2 Å². The molecular formula is C18H14ClF2NO4. The first-order chi connectivity index (χ1) is 12.4. The van der Waals surface area contributed by atoms with Crippen molar-refractivity contribution in [3.05, 3.63) is 65.2 Å². The molecule has 2 rings (SSSR count). The summed E-state index contributed by atoms with van der Waals surface area (Å²) in [6.07, 6.45) is 2.68. The number of amides is 1. The number of anilines is 1. The molecule has 0 aromatic heterocycles. The van der Waals surface area contributed by atoms with Crippen LogP contribution in [0.5, 0.6) is 5.75 Å². The molecule has 0 atom stereocenters. The maximum atomic E-state index is 12.0. The zero-order valence-electron chi connectivity index (χ0n) is 13.3. The fraction of sp³-hybridized carbons (Fsp3) is 0.111. The van der Waals surface area contributed by atoms with Crippen molar-refractivity contribution in [3.63, 3.8) is 0 Å². The van der Waals surface area contributed by atoms with Crippen molar-refractivity contribution in [2.45, 2.75) is 6.61 Å². The number of carbonyl (C=O) groups is 2. The second-order valence-electron chi connectivity index (χ2n) is 4.95. The number of rotatable bonds is 7.